The van der Waals surface area contributed by atoms with Crippen molar-refractivity contribution in [3.63, 3.8) is 0 Å². The fourth-order valence-corrected chi connectivity index (χ4v) is 1.67. The highest BCUT2D eigenvalue weighted by Crippen LogP contribution is 2.16. The third kappa shape index (κ3) is 6.49. The van der Waals surface area contributed by atoms with Crippen molar-refractivity contribution in [3.8, 4) is 0 Å². The van der Waals surface area contributed by atoms with E-state index in [1.807, 2.05) is 0 Å². The van der Waals surface area contributed by atoms with Crippen LogP contribution in [0.25, 0.3) is 0 Å². The smallest absolute Gasteiger partial charge is 0.316 e. The first kappa shape index (κ1) is 11.8. The van der Waals surface area contributed by atoms with Gasteiger partial charge in [-0.05, 0) is 32.9 Å². The minimum atomic E-state index is -0.796. The van der Waals surface area contributed by atoms with Crippen LogP contribution in [0.15, 0.2) is 0 Å². The zero-order valence-electron chi connectivity index (χ0n) is 7.70. The first-order valence-electron chi connectivity index (χ1n) is 3.90. The van der Waals surface area contributed by atoms with E-state index in [1.165, 1.54) is 11.8 Å². The standard InChI is InChI=1S/C8H16O3S/c1-6(7(9)10)12-5-4-8(2,3)11/h6,11H,4-5H2,1-3H3,(H,9,10). The molecule has 1 atom stereocenters. The van der Waals surface area contributed by atoms with Crippen molar-refractivity contribution in [1.82, 2.24) is 0 Å². The fourth-order valence-electron chi connectivity index (χ4n) is 0.557. The Morgan fingerprint density at radius 1 is 1.58 bits per heavy atom. The van der Waals surface area contributed by atoms with E-state index < -0.39 is 11.6 Å². The van der Waals surface area contributed by atoms with Gasteiger partial charge in [-0.3, -0.25) is 4.79 Å². The molecular weight excluding hydrogens is 176 g/mol. The average molecular weight is 192 g/mol. The zero-order valence-corrected chi connectivity index (χ0v) is 8.52. The van der Waals surface area contributed by atoms with Gasteiger partial charge in [0.2, 0.25) is 0 Å². The Kier molecular flexibility index (Phi) is 4.63. The molecule has 72 valence electrons. The summed E-state index contributed by atoms with van der Waals surface area (Å²) in [6.45, 7) is 5.09. The molecular formula is C8H16O3S. The molecule has 0 fully saturated rings. The summed E-state index contributed by atoms with van der Waals surface area (Å²) in [5.74, 6) is -0.118. The lowest BCUT2D eigenvalue weighted by atomic mass is 10.1. The Hall–Kier alpha value is -0.220. The molecule has 3 nitrogen and oxygen atoms in total. The molecule has 0 aromatic carbocycles. The molecule has 1 unspecified atom stereocenters. The van der Waals surface area contributed by atoms with E-state index in [9.17, 15) is 9.90 Å². The number of rotatable bonds is 5. The monoisotopic (exact) mass is 192 g/mol. The molecule has 0 radical (unpaired) electrons. The maximum Gasteiger partial charge on any atom is 0.316 e. The molecule has 0 bridgehead atoms. The SMILES string of the molecule is CC(SCCC(C)(C)O)C(=O)O. The Morgan fingerprint density at radius 3 is 2.42 bits per heavy atom. The predicted molar refractivity (Wildman–Crippen MR) is 50.5 cm³/mol. The topological polar surface area (TPSA) is 57.5 Å². The number of thioether (sulfide) groups is 1. The van der Waals surface area contributed by atoms with E-state index in [0.29, 0.717) is 12.2 Å². The van der Waals surface area contributed by atoms with Crippen molar-refractivity contribution in [3.05, 3.63) is 0 Å². The molecule has 0 saturated heterocycles. The summed E-state index contributed by atoms with van der Waals surface area (Å²) in [6.07, 6.45) is 0.620. The van der Waals surface area contributed by atoms with Crippen LogP contribution in [-0.2, 0) is 4.79 Å². The van der Waals surface area contributed by atoms with Crippen LogP contribution in [0.2, 0.25) is 0 Å². The first-order chi connectivity index (χ1) is 5.33. The van der Waals surface area contributed by atoms with Crippen LogP contribution in [0.3, 0.4) is 0 Å². The summed E-state index contributed by atoms with van der Waals surface area (Å²) in [7, 11) is 0. The second kappa shape index (κ2) is 4.72. The van der Waals surface area contributed by atoms with Gasteiger partial charge < -0.3 is 10.2 Å². The molecule has 12 heavy (non-hydrogen) atoms. The fraction of sp³-hybridized carbons (Fsp3) is 0.875. The van der Waals surface area contributed by atoms with Gasteiger partial charge in [0.15, 0.2) is 0 Å². The van der Waals surface area contributed by atoms with E-state index in [1.54, 1.807) is 20.8 Å². The molecule has 0 saturated carbocycles. The van der Waals surface area contributed by atoms with Gasteiger partial charge in [-0.2, -0.15) is 0 Å². The Bertz CT molecular complexity index is 151. The maximum atomic E-state index is 10.4. The summed E-state index contributed by atoms with van der Waals surface area (Å²) in [4.78, 5) is 10.4. The Balaban J connectivity index is 3.51. The Morgan fingerprint density at radius 2 is 2.08 bits per heavy atom. The normalized spacial score (nSPS) is 14.3. The second-order valence-electron chi connectivity index (χ2n) is 3.41. The van der Waals surface area contributed by atoms with Gasteiger partial charge in [0.25, 0.3) is 0 Å². The number of aliphatic hydroxyl groups is 1. The van der Waals surface area contributed by atoms with Crippen LogP contribution >= 0.6 is 11.8 Å². The second-order valence-corrected chi connectivity index (χ2v) is 4.86. The third-order valence-corrected chi connectivity index (χ3v) is 2.57. The molecule has 0 spiro atoms. The van der Waals surface area contributed by atoms with Gasteiger partial charge in [0.05, 0.1) is 10.9 Å². The largest absolute Gasteiger partial charge is 0.480 e. The van der Waals surface area contributed by atoms with Crippen molar-refractivity contribution in [2.75, 3.05) is 5.75 Å². The minimum Gasteiger partial charge on any atom is -0.480 e. The first-order valence-corrected chi connectivity index (χ1v) is 4.94. The number of hydrogen-bond donors (Lipinski definition) is 2. The highest BCUT2D eigenvalue weighted by Gasteiger charge is 2.15. The molecule has 4 heteroatoms. The number of carboxylic acids is 1. The van der Waals surface area contributed by atoms with Crippen molar-refractivity contribution in [2.45, 2.75) is 38.0 Å². The summed E-state index contributed by atoms with van der Waals surface area (Å²) in [6, 6.07) is 0. The molecule has 2 N–H and O–H groups in total. The van der Waals surface area contributed by atoms with Gasteiger partial charge in [-0.15, -0.1) is 11.8 Å². The lowest BCUT2D eigenvalue weighted by Gasteiger charge is -2.16. The number of aliphatic carboxylic acids is 1. The van der Waals surface area contributed by atoms with Gasteiger partial charge in [-0.1, -0.05) is 0 Å². The molecule has 0 aromatic rings. The van der Waals surface area contributed by atoms with Gasteiger partial charge in [0.1, 0.15) is 0 Å². The quantitative estimate of drug-likeness (QED) is 0.690. The van der Waals surface area contributed by atoms with Gasteiger partial charge in [-0.25, -0.2) is 0 Å². The molecule has 0 rings (SSSR count). The van der Waals surface area contributed by atoms with Crippen LogP contribution in [-0.4, -0.2) is 32.8 Å². The average Bonchev–Trinajstić information content (AvgIpc) is 1.84. The van der Waals surface area contributed by atoms with Gasteiger partial charge >= 0.3 is 5.97 Å². The van der Waals surface area contributed by atoms with Crippen LogP contribution in [0, 0.1) is 0 Å². The van der Waals surface area contributed by atoms with Crippen LogP contribution in [0.5, 0.6) is 0 Å². The molecule has 0 aliphatic carbocycles. The lowest BCUT2D eigenvalue weighted by molar-refractivity contribution is -0.136. The maximum absolute atomic E-state index is 10.4. The molecule has 0 aromatic heterocycles. The predicted octanol–water partition coefficient (Wildman–Crippen LogP) is 1.35. The van der Waals surface area contributed by atoms with E-state index in [2.05, 4.69) is 0 Å². The number of carboxylic acid groups (broad SMARTS) is 1. The van der Waals surface area contributed by atoms with E-state index in [0.717, 1.165) is 0 Å². The van der Waals surface area contributed by atoms with Crippen molar-refractivity contribution < 1.29 is 15.0 Å². The van der Waals surface area contributed by atoms with Gasteiger partial charge in [0, 0.05) is 0 Å². The molecule has 0 aliphatic rings. The van der Waals surface area contributed by atoms with Crippen LogP contribution in [0.4, 0.5) is 0 Å². The number of hydrogen-bond acceptors (Lipinski definition) is 3. The van der Waals surface area contributed by atoms with Crippen molar-refractivity contribution >= 4 is 17.7 Å². The molecule has 0 aliphatic heterocycles. The number of carbonyl (C=O) groups is 1. The summed E-state index contributed by atoms with van der Waals surface area (Å²) < 4.78 is 0. The summed E-state index contributed by atoms with van der Waals surface area (Å²) >= 11 is 1.35. The van der Waals surface area contributed by atoms with Crippen molar-refractivity contribution in [2.24, 2.45) is 0 Å². The lowest BCUT2D eigenvalue weighted by Crippen LogP contribution is -2.21. The highest BCUT2D eigenvalue weighted by molar-refractivity contribution is 8.00. The molecule has 0 heterocycles. The summed E-state index contributed by atoms with van der Waals surface area (Å²) in [5.41, 5.74) is -0.689. The highest BCUT2D eigenvalue weighted by atomic mass is 32.2. The Labute approximate surface area is 77.2 Å². The zero-order chi connectivity index (χ0) is 9.78. The minimum absolute atomic E-state index is 0.382. The van der Waals surface area contributed by atoms with E-state index in [4.69, 9.17) is 5.11 Å². The van der Waals surface area contributed by atoms with Crippen molar-refractivity contribution in [1.29, 1.82) is 0 Å². The third-order valence-electron chi connectivity index (χ3n) is 1.43. The van der Waals surface area contributed by atoms with E-state index >= 15 is 0 Å². The van der Waals surface area contributed by atoms with Crippen LogP contribution < -0.4 is 0 Å². The molecule has 0 amide bonds. The van der Waals surface area contributed by atoms with E-state index in [-0.39, 0.29) is 5.25 Å². The summed E-state index contributed by atoms with van der Waals surface area (Å²) in [5, 5.41) is 17.5. The van der Waals surface area contributed by atoms with Crippen LogP contribution in [0.1, 0.15) is 27.2 Å².